The molecule has 2 heterocycles. The second-order valence-corrected chi connectivity index (χ2v) is 8.05. The van der Waals surface area contributed by atoms with Crippen LogP contribution in [0.15, 0.2) is 24.0 Å². The van der Waals surface area contributed by atoms with Crippen LogP contribution in [0.4, 0.5) is 4.39 Å². The maximum absolute atomic E-state index is 14.5. The molecule has 7 heteroatoms. The molecule has 0 unspecified atom stereocenters. The van der Waals surface area contributed by atoms with E-state index >= 15 is 0 Å². The monoisotopic (exact) mass is 406 g/mol. The van der Waals surface area contributed by atoms with Gasteiger partial charge in [-0.25, -0.2) is 9.18 Å². The summed E-state index contributed by atoms with van der Waals surface area (Å²) in [5.41, 5.74) is 2.03. The molecular formula is C22H27FO6. The topological polar surface area (TPSA) is 71.1 Å². The van der Waals surface area contributed by atoms with E-state index in [1.54, 1.807) is 26.8 Å². The van der Waals surface area contributed by atoms with Gasteiger partial charge in [0.15, 0.2) is 17.7 Å². The second kappa shape index (κ2) is 8.24. The van der Waals surface area contributed by atoms with Crippen LogP contribution in [0.2, 0.25) is 0 Å². The summed E-state index contributed by atoms with van der Waals surface area (Å²) < 4.78 is 37.2. The summed E-state index contributed by atoms with van der Waals surface area (Å²) in [5.74, 6) is -2.82. The van der Waals surface area contributed by atoms with Crippen LogP contribution < -0.4 is 4.74 Å². The van der Waals surface area contributed by atoms with Crippen LogP contribution in [0.1, 0.15) is 55.1 Å². The number of benzene rings is 1. The van der Waals surface area contributed by atoms with E-state index in [1.807, 2.05) is 19.9 Å². The lowest BCUT2D eigenvalue weighted by Gasteiger charge is -2.20. The van der Waals surface area contributed by atoms with Crippen molar-refractivity contribution >= 4 is 11.8 Å². The molecule has 29 heavy (non-hydrogen) atoms. The van der Waals surface area contributed by atoms with Crippen molar-refractivity contribution in [2.75, 3.05) is 6.61 Å². The molecule has 0 radical (unpaired) electrons. The Balaban J connectivity index is 1.95. The van der Waals surface area contributed by atoms with Gasteiger partial charge >= 0.3 is 5.97 Å². The molecule has 0 bridgehead atoms. The van der Waals surface area contributed by atoms with Crippen LogP contribution in [-0.2, 0) is 19.0 Å². The lowest BCUT2D eigenvalue weighted by atomic mass is 10.0. The van der Waals surface area contributed by atoms with Gasteiger partial charge in [0.25, 0.3) is 0 Å². The average molecular weight is 406 g/mol. The van der Waals surface area contributed by atoms with E-state index in [1.165, 1.54) is 0 Å². The minimum atomic E-state index is -1.05. The number of carbonyl (C=O) groups is 2. The zero-order valence-electron chi connectivity index (χ0n) is 17.4. The summed E-state index contributed by atoms with van der Waals surface area (Å²) in [6.07, 6.45) is -0.831. The Hall–Kier alpha value is -2.25. The minimum Gasteiger partial charge on any atom is -0.493 e. The van der Waals surface area contributed by atoms with E-state index < -0.39 is 41.7 Å². The molecule has 1 fully saturated rings. The molecule has 6 nitrogen and oxygen atoms in total. The van der Waals surface area contributed by atoms with Crippen LogP contribution in [-0.4, -0.2) is 42.5 Å². The molecule has 0 spiro atoms. The Labute approximate surface area is 170 Å². The highest BCUT2D eigenvalue weighted by Gasteiger charge is 2.46. The fraction of sp³-hybridized carbons (Fsp3) is 0.545. The standard InChI is InChI=1S/C22H27FO6/c1-12-10-13(2)18-17(11-12)26-9-8-16-20(29-22(4,5)28-16)19(24)15(23)7-6-14(3)27-21(18)25/h7,10-11,14,16,20H,6,8-9H2,1-5H3/b15-7+/t14-,16-,20-/m0/s1. The number of esters is 1. The molecule has 158 valence electrons. The molecule has 0 saturated carbocycles. The molecule has 2 aliphatic rings. The highest BCUT2D eigenvalue weighted by atomic mass is 19.1. The van der Waals surface area contributed by atoms with E-state index in [0.29, 0.717) is 17.7 Å². The van der Waals surface area contributed by atoms with Gasteiger partial charge in [0, 0.05) is 12.8 Å². The van der Waals surface area contributed by atoms with E-state index in [2.05, 4.69) is 0 Å². The number of ketones is 1. The highest BCUT2D eigenvalue weighted by Crippen LogP contribution is 2.33. The fourth-order valence-corrected chi connectivity index (χ4v) is 3.65. The molecule has 1 aromatic carbocycles. The number of rotatable bonds is 0. The van der Waals surface area contributed by atoms with Gasteiger partial charge in [-0.05, 0) is 57.9 Å². The first-order chi connectivity index (χ1) is 13.6. The molecule has 0 aromatic heterocycles. The van der Waals surface area contributed by atoms with E-state index in [-0.39, 0.29) is 13.0 Å². The second-order valence-electron chi connectivity index (χ2n) is 8.05. The number of hydrogen-bond acceptors (Lipinski definition) is 6. The third-order valence-electron chi connectivity index (χ3n) is 4.92. The molecular weight excluding hydrogens is 379 g/mol. The van der Waals surface area contributed by atoms with Gasteiger partial charge in [-0.1, -0.05) is 6.07 Å². The normalized spacial score (nSPS) is 29.6. The Bertz CT molecular complexity index is 844. The van der Waals surface area contributed by atoms with Crippen molar-refractivity contribution in [2.45, 2.75) is 71.6 Å². The third-order valence-corrected chi connectivity index (χ3v) is 4.92. The fourth-order valence-electron chi connectivity index (χ4n) is 3.65. The summed E-state index contributed by atoms with van der Waals surface area (Å²) in [6, 6.07) is 3.65. The molecule has 0 amide bonds. The molecule has 1 saturated heterocycles. The number of cyclic esters (lactones) is 1. The van der Waals surface area contributed by atoms with E-state index in [9.17, 15) is 14.0 Å². The van der Waals surface area contributed by atoms with Crippen LogP contribution in [0.3, 0.4) is 0 Å². The maximum atomic E-state index is 14.5. The predicted octanol–water partition coefficient (Wildman–Crippen LogP) is 3.96. The van der Waals surface area contributed by atoms with Crippen LogP contribution >= 0.6 is 0 Å². The molecule has 1 aromatic rings. The van der Waals surface area contributed by atoms with Gasteiger partial charge in [0.05, 0.1) is 12.7 Å². The molecule has 2 aliphatic heterocycles. The Kier molecular flexibility index (Phi) is 6.10. The van der Waals surface area contributed by atoms with E-state index in [0.717, 1.165) is 17.2 Å². The third kappa shape index (κ3) is 4.85. The van der Waals surface area contributed by atoms with Gasteiger partial charge in [0.1, 0.15) is 17.4 Å². The lowest BCUT2D eigenvalue weighted by Crippen LogP contribution is -2.33. The van der Waals surface area contributed by atoms with E-state index in [4.69, 9.17) is 18.9 Å². The van der Waals surface area contributed by atoms with Crippen molar-refractivity contribution in [3.05, 3.63) is 40.7 Å². The first-order valence-electron chi connectivity index (χ1n) is 9.78. The lowest BCUT2D eigenvalue weighted by molar-refractivity contribution is -0.154. The van der Waals surface area contributed by atoms with Crippen molar-refractivity contribution in [3.8, 4) is 5.75 Å². The van der Waals surface area contributed by atoms with Crippen molar-refractivity contribution < 1.29 is 32.9 Å². The number of halogens is 1. The minimum absolute atomic E-state index is 0.0616. The van der Waals surface area contributed by atoms with Gasteiger partial charge in [0.2, 0.25) is 5.78 Å². The number of aryl methyl sites for hydroxylation is 2. The summed E-state index contributed by atoms with van der Waals surface area (Å²) in [4.78, 5) is 25.2. The number of ether oxygens (including phenoxy) is 4. The van der Waals surface area contributed by atoms with Crippen LogP contribution in [0, 0.1) is 13.8 Å². The number of hydrogen-bond donors (Lipinski definition) is 0. The summed E-state index contributed by atoms with van der Waals surface area (Å²) in [6.45, 7) is 8.89. The van der Waals surface area contributed by atoms with Crippen molar-refractivity contribution in [1.29, 1.82) is 0 Å². The first kappa shape index (κ1) is 21.5. The van der Waals surface area contributed by atoms with Gasteiger partial charge in [-0.3, -0.25) is 4.79 Å². The van der Waals surface area contributed by atoms with Crippen molar-refractivity contribution in [3.63, 3.8) is 0 Å². The zero-order chi connectivity index (χ0) is 21.3. The van der Waals surface area contributed by atoms with Gasteiger partial charge in [-0.2, -0.15) is 0 Å². The number of carbonyl (C=O) groups excluding carboxylic acids is 2. The number of fused-ring (bicyclic) bond motifs is 2. The smallest absolute Gasteiger partial charge is 0.342 e. The Morgan fingerprint density at radius 3 is 2.59 bits per heavy atom. The number of Topliss-reactive ketones (excluding diaryl/α,β-unsaturated/α-hetero) is 1. The van der Waals surface area contributed by atoms with Crippen molar-refractivity contribution in [2.24, 2.45) is 0 Å². The quantitative estimate of drug-likeness (QED) is 0.608. The maximum Gasteiger partial charge on any atom is 0.342 e. The molecule has 0 aliphatic carbocycles. The molecule has 3 rings (SSSR count). The van der Waals surface area contributed by atoms with Gasteiger partial charge in [-0.15, -0.1) is 0 Å². The zero-order valence-corrected chi connectivity index (χ0v) is 17.4. The summed E-state index contributed by atoms with van der Waals surface area (Å²) in [7, 11) is 0. The van der Waals surface area contributed by atoms with Gasteiger partial charge < -0.3 is 18.9 Å². The Morgan fingerprint density at radius 2 is 1.86 bits per heavy atom. The predicted molar refractivity (Wildman–Crippen MR) is 104 cm³/mol. The summed E-state index contributed by atoms with van der Waals surface area (Å²) >= 11 is 0. The summed E-state index contributed by atoms with van der Waals surface area (Å²) in [5, 5.41) is 0. The molecule has 0 N–H and O–H groups in total. The largest absolute Gasteiger partial charge is 0.493 e. The average Bonchev–Trinajstić information content (AvgIpc) is 2.92. The van der Waals surface area contributed by atoms with Crippen LogP contribution in [0.25, 0.3) is 0 Å². The van der Waals surface area contributed by atoms with Crippen LogP contribution in [0.5, 0.6) is 5.75 Å². The van der Waals surface area contributed by atoms with Crippen molar-refractivity contribution in [1.82, 2.24) is 0 Å². The first-order valence-corrected chi connectivity index (χ1v) is 9.78. The SMILES string of the molecule is Cc1cc(C)c2c(c1)OCC[C@@H]1OC(C)(C)O[C@@H]1C(=O)/C(F)=C\C[C@H](C)OC2=O. The molecule has 3 atom stereocenters. The highest BCUT2D eigenvalue weighted by molar-refractivity contribution is 5.97. The Morgan fingerprint density at radius 1 is 1.14 bits per heavy atom.